The van der Waals surface area contributed by atoms with Gasteiger partial charge < -0.3 is 4.90 Å². The molecule has 1 aliphatic rings. The molecule has 5 nitrogen and oxygen atoms in total. The van der Waals surface area contributed by atoms with Gasteiger partial charge in [-0.1, -0.05) is 32.0 Å². The van der Waals surface area contributed by atoms with Crippen LogP contribution in [0.3, 0.4) is 0 Å². The Kier molecular flexibility index (Phi) is 5.11. The van der Waals surface area contributed by atoms with Crippen LogP contribution in [0.5, 0.6) is 0 Å². The fourth-order valence-electron chi connectivity index (χ4n) is 3.24. The van der Waals surface area contributed by atoms with Crippen LogP contribution in [0, 0.1) is 5.82 Å². The number of halogens is 1. The van der Waals surface area contributed by atoms with E-state index in [-0.39, 0.29) is 24.6 Å². The highest BCUT2D eigenvalue weighted by Crippen LogP contribution is 2.30. The van der Waals surface area contributed by atoms with Gasteiger partial charge in [0.25, 0.3) is 5.91 Å². The Morgan fingerprint density at radius 1 is 1.15 bits per heavy atom. The SMILES string of the molecule is CCN(CC)S(=O)(=O)c1cc(C(=O)N2CCc3ccccc32)ccc1F. The van der Waals surface area contributed by atoms with E-state index in [0.29, 0.717) is 6.54 Å². The van der Waals surface area contributed by atoms with E-state index in [1.54, 1.807) is 18.7 Å². The van der Waals surface area contributed by atoms with Gasteiger partial charge in [-0.25, -0.2) is 12.8 Å². The summed E-state index contributed by atoms with van der Waals surface area (Å²) < 4.78 is 40.8. The number of rotatable bonds is 5. The molecule has 0 bridgehead atoms. The predicted octanol–water partition coefficient (Wildman–Crippen LogP) is 3.06. The lowest BCUT2D eigenvalue weighted by Crippen LogP contribution is -2.32. The summed E-state index contributed by atoms with van der Waals surface area (Å²) in [6, 6.07) is 11.1. The average Bonchev–Trinajstić information content (AvgIpc) is 3.06. The van der Waals surface area contributed by atoms with Crippen LogP contribution in [0.4, 0.5) is 10.1 Å². The smallest absolute Gasteiger partial charge is 0.258 e. The maximum Gasteiger partial charge on any atom is 0.258 e. The van der Waals surface area contributed by atoms with Crippen LogP contribution in [0.1, 0.15) is 29.8 Å². The Labute approximate surface area is 153 Å². The Morgan fingerprint density at radius 2 is 1.85 bits per heavy atom. The number of para-hydroxylation sites is 1. The van der Waals surface area contributed by atoms with Crippen LogP contribution in [0.15, 0.2) is 47.4 Å². The van der Waals surface area contributed by atoms with E-state index >= 15 is 0 Å². The van der Waals surface area contributed by atoms with Crippen molar-refractivity contribution in [1.82, 2.24) is 4.31 Å². The summed E-state index contributed by atoms with van der Waals surface area (Å²) in [5, 5.41) is 0. The van der Waals surface area contributed by atoms with Gasteiger partial charge >= 0.3 is 0 Å². The minimum atomic E-state index is -3.98. The fourth-order valence-corrected chi connectivity index (χ4v) is 4.79. The lowest BCUT2D eigenvalue weighted by Gasteiger charge is -2.20. The van der Waals surface area contributed by atoms with Gasteiger partial charge in [0.2, 0.25) is 10.0 Å². The molecule has 0 atom stereocenters. The van der Waals surface area contributed by atoms with E-state index in [1.165, 1.54) is 10.4 Å². The number of sulfonamides is 1. The fraction of sp³-hybridized carbons (Fsp3) is 0.316. The Balaban J connectivity index is 2.00. The maximum absolute atomic E-state index is 14.2. The summed E-state index contributed by atoms with van der Waals surface area (Å²) in [5.74, 6) is -1.18. The van der Waals surface area contributed by atoms with Gasteiger partial charge in [0.15, 0.2) is 0 Å². The summed E-state index contributed by atoms with van der Waals surface area (Å²) in [6.07, 6.45) is 0.744. The number of nitrogens with zero attached hydrogens (tertiary/aromatic N) is 2. The third-order valence-corrected chi connectivity index (χ3v) is 6.70. The van der Waals surface area contributed by atoms with Gasteiger partial charge in [-0.2, -0.15) is 4.31 Å². The van der Waals surface area contributed by atoms with E-state index in [1.807, 2.05) is 24.3 Å². The molecule has 1 heterocycles. The zero-order valence-corrected chi connectivity index (χ0v) is 15.6. The molecule has 0 saturated heterocycles. The monoisotopic (exact) mass is 376 g/mol. The number of fused-ring (bicyclic) bond motifs is 1. The average molecular weight is 376 g/mol. The number of amides is 1. The van der Waals surface area contributed by atoms with E-state index < -0.39 is 20.7 Å². The van der Waals surface area contributed by atoms with Gasteiger partial charge in [-0.15, -0.1) is 0 Å². The third kappa shape index (κ3) is 3.12. The summed E-state index contributed by atoms with van der Waals surface area (Å²) in [5.41, 5.74) is 2.04. The molecule has 26 heavy (non-hydrogen) atoms. The van der Waals surface area contributed by atoms with Crippen molar-refractivity contribution >= 4 is 21.6 Å². The zero-order chi connectivity index (χ0) is 18.9. The molecule has 0 radical (unpaired) electrons. The normalized spacial score (nSPS) is 13.9. The molecular weight excluding hydrogens is 355 g/mol. The minimum absolute atomic E-state index is 0.161. The quantitative estimate of drug-likeness (QED) is 0.806. The standard InChI is InChI=1S/C19H21FN2O3S/c1-3-21(4-2)26(24,25)18-13-15(9-10-16(18)20)19(23)22-12-11-14-7-5-6-8-17(14)22/h5-10,13H,3-4,11-12H2,1-2H3. The predicted molar refractivity (Wildman–Crippen MR) is 98.3 cm³/mol. The number of anilines is 1. The maximum atomic E-state index is 14.2. The molecule has 2 aromatic rings. The second kappa shape index (κ2) is 7.17. The van der Waals surface area contributed by atoms with Crippen LogP contribution in [0.25, 0.3) is 0 Å². The Hall–Kier alpha value is -2.25. The largest absolute Gasteiger partial charge is 0.308 e. The van der Waals surface area contributed by atoms with Crippen LogP contribution >= 0.6 is 0 Å². The van der Waals surface area contributed by atoms with Crippen LogP contribution in [-0.4, -0.2) is 38.3 Å². The summed E-state index contributed by atoms with van der Waals surface area (Å²) in [4.78, 5) is 14.1. The van der Waals surface area contributed by atoms with Crippen LogP contribution in [0.2, 0.25) is 0 Å². The summed E-state index contributed by atoms with van der Waals surface area (Å²) in [6.45, 7) is 4.36. The molecule has 0 aliphatic carbocycles. The molecule has 0 unspecified atom stereocenters. The first-order chi connectivity index (χ1) is 12.4. The van der Waals surface area contributed by atoms with E-state index in [0.717, 1.165) is 29.8 Å². The molecule has 3 rings (SSSR count). The molecule has 7 heteroatoms. The van der Waals surface area contributed by atoms with Crippen molar-refractivity contribution in [3.05, 3.63) is 59.4 Å². The first-order valence-corrected chi connectivity index (χ1v) is 10.0. The van der Waals surface area contributed by atoms with Gasteiger partial charge in [0.1, 0.15) is 10.7 Å². The van der Waals surface area contributed by atoms with Crippen molar-refractivity contribution in [2.75, 3.05) is 24.5 Å². The van der Waals surface area contributed by atoms with Gasteiger partial charge in [-0.05, 0) is 36.2 Å². The van der Waals surface area contributed by atoms with E-state index in [2.05, 4.69) is 0 Å². The van der Waals surface area contributed by atoms with Crippen molar-refractivity contribution in [2.45, 2.75) is 25.2 Å². The molecule has 0 saturated carbocycles. The molecular formula is C19H21FN2O3S. The third-order valence-electron chi connectivity index (χ3n) is 4.63. The molecule has 2 aromatic carbocycles. The highest BCUT2D eigenvalue weighted by atomic mass is 32.2. The first kappa shape index (κ1) is 18.5. The number of hydrogen-bond acceptors (Lipinski definition) is 3. The van der Waals surface area contributed by atoms with Crippen molar-refractivity contribution in [3.8, 4) is 0 Å². The lowest BCUT2D eigenvalue weighted by atomic mass is 10.1. The van der Waals surface area contributed by atoms with Crippen molar-refractivity contribution < 1.29 is 17.6 Å². The number of benzene rings is 2. The highest BCUT2D eigenvalue weighted by Gasteiger charge is 2.29. The first-order valence-electron chi connectivity index (χ1n) is 8.59. The van der Waals surface area contributed by atoms with Gasteiger partial charge in [-0.3, -0.25) is 4.79 Å². The van der Waals surface area contributed by atoms with E-state index in [4.69, 9.17) is 0 Å². The number of carbonyl (C=O) groups excluding carboxylic acids is 1. The topological polar surface area (TPSA) is 57.7 Å². The second-order valence-electron chi connectivity index (χ2n) is 6.07. The van der Waals surface area contributed by atoms with Crippen molar-refractivity contribution in [2.24, 2.45) is 0 Å². The van der Waals surface area contributed by atoms with Crippen LogP contribution in [-0.2, 0) is 16.4 Å². The molecule has 0 fully saturated rings. The molecule has 0 aromatic heterocycles. The summed E-state index contributed by atoms with van der Waals surface area (Å²) >= 11 is 0. The van der Waals surface area contributed by atoms with Crippen LogP contribution < -0.4 is 4.90 Å². The van der Waals surface area contributed by atoms with Gasteiger partial charge in [0, 0.05) is 30.9 Å². The Bertz CT molecular complexity index is 940. The van der Waals surface area contributed by atoms with Crippen molar-refractivity contribution in [3.63, 3.8) is 0 Å². The molecule has 138 valence electrons. The Morgan fingerprint density at radius 3 is 2.54 bits per heavy atom. The number of hydrogen-bond donors (Lipinski definition) is 0. The second-order valence-corrected chi connectivity index (χ2v) is 7.98. The molecule has 0 spiro atoms. The zero-order valence-electron chi connectivity index (χ0n) is 14.8. The minimum Gasteiger partial charge on any atom is -0.308 e. The lowest BCUT2D eigenvalue weighted by molar-refractivity contribution is 0.0989. The molecule has 1 aliphatic heterocycles. The van der Waals surface area contributed by atoms with Crippen molar-refractivity contribution in [1.29, 1.82) is 0 Å². The molecule has 0 N–H and O–H groups in total. The van der Waals surface area contributed by atoms with Gasteiger partial charge in [0.05, 0.1) is 0 Å². The highest BCUT2D eigenvalue weighted by molar-refractivity contribution is 7.89. The van der Waals surface area contributed by atoms with E-state index in [9.17, 15) is 17.6 Å². The molecule has 1 amide bonds. The number of carbonyl (C=O) groups is 1. The summed E-state index contributed by atoms with van der Waals surface area (Å²) in [7, 11) is -3.98.